The van der Waals surface area contributed by atoms with Crippen molar-refractivity contribution in [2.75, 3.05) is 18.1 Å². The summed E-state index contributed by atoms with van der Waals surface area (Å²) < 4.78 is 0. The maximum Gasteiger partial charge on any atom is 0.225 e. The van der Waals surface area contributed by atoms with Gasteiger partial charge in [0.1, 0.15) is 10.6 Å². The lowest BCUT2D eigenvalue weighted by atomic mass is 10.1. The highest BCUT2D eigenvalue weighted by atomic mass is 32.1. The van der Waals surface area contributed by atoms with Gasteiger partial charge >= 0.3 is 0 Å². The van der Waals surface area contributed by atoms with E-state index >= 15 is 0 Å². The monoisotopic (exact) mass is 256 g/mol. The number of nitrogens with two attached hydrogens (primary N) is 1. The smallest absolute Gasteiger partial charge is 0.225 e. The Balaban J connectivity index is 2.27. The second-order valence-corrected chi connectivity index (χ2v) is 4.74. The average molecular weight is 256 g/mol. The number of nitrogens with zero attached hydrogens (tertiary/aromatic N) is 2. The molecule has 18 heavy (non-hydrogen) atoms. The molecule has 0 aliphatic carbocycles. The fourth-order valence-electron chi connectivity index (χ4n) is 1.91. The van der Waals surface area contributed by atoms with Gasteiger partial charge in [0.05, 0.1) is 5.39 Å². The molecule has 0 saturated carbocycles. The Morgan fingerprint density at radius 3 is 2.67 bits per heavy atom. The number of hydrogen-bond acceptors (Lipinski definition) is 5. The van der Waals surface area contributed by atoms with Crippen LogP contribution in [0.2, 0.25) is 0 Å². The molecule has 0 aliphatic rings. The number of aromatic nitrogens is 2. The molecule has 4 nitrogen and oxygen atoms in total. The van der Waals surface area contributed by atoms with Gasteiger partial charge < -0.3 is 11.1 Å². The van der Waals surface area contributed by atoms with E-state index in [1.165, 1.54) is 0 Å². The van der Waals surface area contributed by atoms with Gasteiger partial charge in [-0.25, -0.2) is 4.98 Å². The van der Waals surface area contributed by atoms with Crippen molar-refractivity contribution in [2.45, 2.75) is 0 Å². The molecule has 0 spiro atoms. The molecule has 1 aromatic carbocycles. The van der Waals surface area contributed by atoms with Crippen LogP contribution in [-0.2, 0) is 0 Å². The number of anilines is 2. The number of nitrogens with one attached hydrogen (secondary N) is 1. The van der Waals surface area contributed by atoms with E-state index in [1.807, 2.05) is 18.2 Å². The summed E-state index contributed by atoms with van der Waals surface area (Å²) in [6.07, 6.45) is 0. The van der Waals surface area contributed by atoms with Crippen molar-refractivity contribution < 1.29 is 0 Å². The Bertz CT molecular complexity index is 691. The number of hydrogen-bond donors (Lipinski definition) is 2. The zero-order chi connectivity index (χ0) is 12.5. The lowest BCUT2D eigenvalue weighted by molar-refractivity contribution is 1.21. The van der Waals surface area contributed by atoms with Crippen LogP contribution in [0.3, 0.4) is 0 Å². The van der Waals surface area contributed by atoms with Crippen molar-refractivity contribution in [3.63, 3.8) is 0 Å². The van der Waals surface area contributed by atoms with Gasteiger partial charge in [-0.2, -0.15) is 4.98 Å². The van der Waals surface area contributed by atoms with Gasteiger partial charge in [-0.3, -0.25) is 0 Å². The van der Waals surface area contributed by atoms with E-state index in [1.54, 1.807) is 18.4 Å². The predicted octanol–water partition coefficient (Wildman–Crippen LogP) is 2.98. The van der Waals surface area contributed by atoms with Crippen LogP contribution in [0.5, 0.6) is 0 Å². The first-order valence-electron chi connectivity index (χ1n) is 5.57. The highest BCUT2D eigenvalue weighted by Crippen LogP contribution is 2.36. The molecular formula is C13H12N4S. The highest BCUT2D eigenvalue weighted by Gasteiger charge is 2.12. The molecule has 3 N–H and O–H groups in total. The third-order valence-corrected chi connectivity index (χ3v) is 3.64. The van der Waals surface area contributed by atoms with Crippen LogP contribution >= 0.6 is 11.3 Å². The normalized spacial score (nSPS) is 10.7. The van der Waals surface area contributed by atoms with Crippen molar-refractivity contribution in [3.05, 3.63) is 35.7 Å². The van der Waals surface area contributed by atoms with Crippen LogP contribution in [0.15, 0.2) is 35.7 Å². The van der Waals surface area contributed by atoms with E-state index in [9.17, 15) is 0 Å². The second-order valence-electron chi connectivity index (χ2n) is 3.88. The number of thiophene rings is 1. The minimum atomic E-state index is 0.518. The molecule has 0 bridgehead atoms. The van der Waals surface area contributed by atoms with Gasteiger partial charge in [0.25, 0.3) is 0 Å². The summed E-state index contributed by atoms with van der Waals surface area (Å²) in [5.74, 6) is 1.07. The Morgan fingerprint density at radius 1 is 1.17 bits per heavy atom. The maximum atomic E-state index is 6.03. The predicted molar refractivity (Wildman–Crippen MR) is 76.8 cm³/mol. The molecule has 0 unspecified atom stereocenters. The van der Waals surface area contributed by atoms with E-state index in [0.29, 0.717) is 11.8 Å². The molecule has 2 aromatic heterocycles. The largest absolute Gasteiger partial charge is 0.383 e. The fraction of sp³-hybridized carbons (Fsp3) is 0.0769. The zero-order valence-corrected chi connectivity index (χ0v) is 10.7. The van der Waals surface area contributed by atoms with Crippen molar-refractivity contribution >= 4 is 33.3 Å². The quantitative estimate of drug-likeness (QED) is 0.740. The highest BCUT2D eigenvalue weighted by molar-refractivity contribution is 7.17. The molecule has 3 rings (SSSR count). The van der Waals surface area contributed by atoms with Crippen LogP contribution in [0.4, 0.5) is 11.8 Å². The molecule has 2 heterocycles. The average Bonchev–Trinajstić information content (AvgIpc) is 2.84. The number of rotatable bonds is 2. The summed E-state index contributed by atoms with van der Waals surface area (Å²) >= 11 is 1.58. The number of benzene rings is 1. The minimum Gasteiger partial charge on any atom is -0.383 e. The van der Waals surface area contributed by atoms with Crippen molar-refractivity contribution in [2.24, 2.45) is 0 Å². The first kappa shape index (κ1) is 11.0. The van der Waals surface area contributed by atoms with E-state index < -0.39 is 0 Å². The van der Waals surface area contributed by atoms with Gasteiger partial charge in [-0.1, -0.05) is 30.3 Å². The number of nitrogen functional groups attached to an aromatic ring is 1. The molecule has 0 fully saturated rings. The van der Waals surface area contributed by atoms with Gasteiger partial charge in [-0.05, 0) is 5.56 Å². The first-order chi connectivity index (χ1) is 8.79. The lowest BCUT2D eigenvalue weighted by Crippen LogP contribution is -2.00. The van der Waals surface area contributed by atoms with Crippen molar-refractivity contribution in [3.8, 4) is 11.1 Å². The summed E-state index contributed by atoms with van der Waals surface area (Å²) in [6.45, 7) is 0. The van der Waals surface area contributed by atoms with Gasteiger partial charge in [0, 0.05) is 18.0 Å². The third-order valence-electron chi connectivity index (χ3n) is 2.77. The van der Waals surface area contributed by atoms with Gasteiger partial charge in [-0.15, -0.1) is 11.3 Å². The van der Waals surface area contributed by atoms with E-state index in [2.05, 4.69) is 32.8 Å². The van der Waals surface area contributed by atoms with E-state index in [-0.39, 0.29) is 0 Å². The Hall–Kier alpha value is -2.14. The standard InChI is InChI=1S/C13H12N4S/c1-15-13-16-11(14)10-9(7-18-12(10)17-13)8-5-3-2-4-6-8/h2-7H,1H3,(H3,14,15,16,17). The first-order valence-corrected chi connectivity index (χ1v) is 6.45. The summed E-state index contributed by atoms with van der Waals surface area (Å²) in [5, 5.41) is 5.92. The van der Waals surface area contributed by atoms with Crippen LogP contribution < -0.4 is 11.1 Å². The molecule has 0 amide bonds. The Labute approximate surface area is 109 Å². The zero-order valence-electron chi connectivity index (χ0n) is 9.84. The molecule has 5 heteroatoms. The van der Waals surface area contributed by atoms with Crippen molar-refractivity contribution in [1.29, 1.82) is 0 Å². The summed E-state index contributed by atoms with van der Waals surface area (Å²) in [6, 6.07) is 10.1. The fourth-order valence-corrected chi connectivity index (χ4v) is 2.87. The summed E-state index contributed by atoms with van der Waals surface area (Å²) in [5.41, 5.74) is 8.26. The summed E-state index contributed by atoms with van der Waals surface area (Å²) in [7, 11) is 1.78. The topological polar surface area (TPSA) is 63.8 Å². The van der Waals surface area contributed by atoms with Gasteiger partial charge in [0.15, 0.2) is 0 Å². The van der Waals surface area contributed by atoms with Crippen LogP contribution in [0.25, 0.3) is 21.3 Å². The SMILES string of the molecule is CNc1nc(N)c2c(-c3ccccc3)csc2n1. The van der Waals surface area contributed by atoms with Gasteiger partial charge in [0.2, 0.25) is 5.95 Å². The van der Waals surface area contributed by atoms with Crippen LogP contribution in [0.1, 0.15) is 0 Å². The molecule has 0 aliphatic heterocycles. The lowest BCUT2D eigenvalue weighted by Gasteiger charge is -2.03. The summed E-state index contributed by atoms with van der Waals surface area (Å²) in [4.78, 5) is 9.57. The van der Waals surface area contributed by atoms with E-state index in [4.69, 9.17) is 5.73 Å². The van der Waals surface area contributed by atoms with Crippen molar-refractivity contribution in [1.82, 2.24) is 9.97 Å². The third kappa shape index (κ3) is 1.69. The number of fused-ring (bicyclic) bond motifs is 1. The molecule has 90 valence electrons. The molecule has 0 radical (unpaired) electrons. The Morgan fingerprint density at radius 2 is 1.94 bits per heavy atom. The molecule has 3 aromatic rings. The molecule has 0 atom stereocenters. The molecule has 0 saturated heterocycles. The van der Waals surface area contributed by atoms with Crippen LogP contribution in [-0.4, -0.2) is 17.0 Å². The Kier molecular flexibility index (Phi) is 2.60. The van der Waals surface area contributed by atoms with E-state index in [0.717, 1.165) is 21.3 Å². The molecular weight excluding hydrogens is 244 g/mol. The minimum absolute atomic E-state index is 0.518. The second kappa shape index (κ2) is 4.27. The van der Waals surface area contributed by atoms with Crippen LogP contribution in [0, 0.1) is 0 Å². The maximum absolute atomic E-state index is 6.03.